The standard InChI is InChI=1S/C13H9ClF4N8O5/c14-6-3-5(1-2-7(6)15)21-10(25-30-11(27)13(16,17)18)9-8(23-31-24-9)4-20-12(19)22-26(28)29/h1-3H,4H2,(H,21,25)(H3,19,20,22). The Hall–Kier alpha value is -4.02. The van der Waals surface area contributed by atoms with Crippen LogP contribution in [0.15, 0.2) is 32.9 Å². The third-order valence-electron chi connectivity index (χ3n) is 3.02. The van der Waals surface area contributed by atoms with Crippen molar-refractivity contribution in [3.63, 3.8) is 0 Å². The number of hydrazone groups is 1. The minimum atomic E-state index is -5.34. The van der Waals surface area contributed by atoms with Crippen LogP contribution in [0.1, 0.15) is 11.4 Å². The van der Waals surface area contributed by atoms with E-state index in [0.717, 1.165) is 18.2 Å². The number of alkyl halides is 3. The highest BCUT2D eigenvalue weighted by molar-refractivity contribution is 6.31. The summed E-state index contributed by atoms with van der Waals surface area (Å²) < 4.78 is 55.0. The Morgan fingerprint density at radius 3 is 2.71 bits per heavy atom. The summed E-state index contributed by atoms with van der Waals surface area (Å²) in [6.07, 6.45) is -5.34. The number of nitrogens with zero attached hydrogens (tertiary/aromatic N) is 5. The molecule has 1 aromatic carbocycles. The molecule has 0 aliphatic carbocycles. The summed E-state index contributed by atoms with van der Waals surface area (Å²) in [5, 5.41) is 20.7. The molecule has 0 unspecified atom stereocenters. The maximum Gasteiger partial charge on any atom is 0.493 e. The monoisotopic (exact) mass is 468 g/mol. The molecular weight excluding hydrogens is 460 g/mol. The number of amidine groups is 1. The second kappa shape index (κ2) is 9.65. The van der Waals surface area contributed by atoms with E-state index in [2.05, 4.69) is 35.2 Å². The van der Waals surface area contributed by atoms with Gasteiger partial charge in [-0.05, 0) is 23.4 Å². The van der Waals surface area contributed by atoms with Crippen LogP contribution >= 0.6 is 11.6 Å². The van der Waals surface area contributed by atoms with Crippen molar-refractivity contribution in [3.8, 4) is 0 Å². The Morgan fingerprint density at radius 2 is 2.10 bits per heavy atom. The molecule has 0 bridgehead atoms. The van der Waals surface area contributed by atoms with Crippen LogP contribution in [0.5, 0.6) is 0 Å². The maximum atomic E-state index is 13.3. The Labute approximate surface area is 172 Å². The lowest BCUT2D eigenvalue weighted by atomic mass is 10.2. The van der Waals surface area contributed by atoms with E-state index in [1.165, 1.54) is 0 Å². The van der Waals surface area contributed by atoms with Gasteiger partial charge < -0.3 is 15.9 Å². The molecule has 31 heavy (non-hydrogen) atoms. The van der Waals surface area contributed by atoms with E-state index in [9.17, 15) is 32.5 Å². The maximum absolute atomic E-state index is 13.3. The first-order chi connectivity index (χ1) is 14.5. The zero-order chi connectivity index (χ0) is 23.2. The molecule has 18 heteroatoms. The predicted molar refractivity (Wildman–Crippen MR) is 92.6 cm³/mol. The van der Waals surface area contributed by atoms with Crippen LogP contribution in [0.3, 0.4) is 0 Å². The van der Waals surface area contributed by atoms with Gasteiger partial charge in [-0.15, -0.1) is 0 Å². The highest BCUT2D eigenvalue weighted by Crippen LogP contribution is 2.22. The zero-order valence-electron chi connectivity index (χ0n) is 14.7. The van der Waals surface area contributed by atoms with Crippen molar-refractivity contribution in [2.75, 3.05) is 0 Å². The Balaban J connectivity index is 2.35. The van der Waals surface area contributed by atoms with Crippen molar-refractivity contribution in [2.24, 2.45) is 15.8 Å². The molecule has 0 atom stereocenters. The number of hydrogen-bond donors (Lipinski definition) is 3. The smallest absolute Gasteiger partial charge is 0.365 e. The molecule has 0 saturated heterocycles. The number of hydrogen-bond acceptors (Lipinski definition) is 8. The lowest BCUT2D eigenvalue weighted by Gasteiger charge is -2.10. The van der Waals surface area contributed by atoms with Crippen LogP contribution in [0, 0.1) is 15.9 Å². The SMILES string of the molecule is NC(=N[N+](=O)[O-])NCc1nonc1C(=Nc1ccc(F)c(Cl)c1)NOC(=O)C(F)(F)F. The van der Waals surface area contributed by atoms with Crippen LogP contribution < -0.4 is 16.5 Å². The molecule has 0 saturated carbocycles. The van der Waals surface area contributed by atoms with Gasteiger partial charge in [0.15, 0.2) is 16.6 Å². The van der Waals surface area contributed by atoms with E-state index in [4.69, 9.17) is 17.3 Å². The van der Waals surface area contributed by atoms with E-state index < -0.39 is 47.0 Å². The minimum absolute atomic E-state index is 0.0895. The minimum Gasteiger partial charge on any atom is -0.365 e. The number of rotatable bonds is 5. The quantitative estimate of drug-likeness (QED) is 0.189. The summed E-state index contributed by atoms with van der Waals surface area (Å²) in [6, 6.07) is 3.03. The average Bonchev–Trinajstić information content (AvgIpc) is 3.13. The lowest BCUT2D eigenvalue weighted by Crippen LogP contribution is -2.36. The van der Waals surface area contributed by atoms with E-state index in [1.807, 2.05) is 0 Å². The van der Waals surface area contributed by atoms with Gasteiger partial charge in [0.1, 0.15) is 16.6 Å². The Bertz CT molecular complexity index is 1040. The largest absolute Gasteiger partial charge is 0.493 e. The number of benzene rings is 1. The van der Waals surface area contributed by atoms with Gasteiger partial charge in [-0.2, -0.15) is 18.7 Å². The van der Waals surface area contributed by atoms with Crippen LogP contribution in [-0.2, 0) is 16.2 Å². The molecule has 0 aliphatic heterocycles. The van der Waals surface area contributed by atoms with Gasteiger partial charge >= 0.3 is 12.1 Å². The normalized spacial score (nSPS) is 12.4. The molecule has 0 aliphatic rings. The first-order valence-corrected chi connectivity index (χ1v) is 7.97. The summed E-state index contributed by atoms with van der Waals surface area (Å²) in [6.45, 7) is -0.417. The van der Waals surface area contributed by atoms with Crippen molar-refractivity contribution in [3.05, 3.63) is 50.5 Å². The van der Waals surface area contributed by atoms with Gasteiger partial charge in [0.25, 0.3) is 5.96 Å². The van der Waals surface area contributed by atoms with Crippen molar-refractivity contribution < 1.29 is 36.9 Å². The Kier molecular flexibility index (Phi) is 7.24. The number of nitro groups is 1. The summed E-state index contributed by atoms with van der Waals surface area (Å²) in [7, 11) is 0. The summed E-state index contributed by atoms with van der Waals surface area (Å²) >= 11 is 5.63. The second-order valence-corrected chi connectivity index (χ2v) is 5.59. The molecule has 1 heterocycles. The number of aliphatic imine (C=N–C) groups is 1. The van der Waals surface area contributed by atoms with Gasteiger partial charge in [0, 0.05) is 0 Å². The first-order valence-electron chi connectivity index (χ1n) is 7.59. The topological polar surface area (TPSA) is 183 Å². The number of nitrogens with two attached hydrogens (primary N) is 1. The highest BCUT2D eigenvalue weighted by atomic mass is 35.5. The van der Waals surface area contributed by atoms with E-state index >= 15 is 0 Å². The van der Waals surface area contributed by atoms with Crippen LogP contribution in [-0.4, -0.2) is 39.3 Å². The molecule has 2 aromatic rings. The molecule has 13 nitrogen and oxygen atoms in total. The highest BCUT2D eigenvalue weighted by Gasteiger charge is 2.42. The fourth-order valence-electron chi connectivity index (χ4n) is 1.76. The number of halogens is 5. The zero-order valence-corrected chi connectivity index (χ0v) is 15.4. The van der Waals surface area contributed by atoms with Crippen molar-refractivity contribution in [1.82, 2.24) is 21.1 Å². The number of hydroxylamine groups is 1. The van der Waals surface area contributed by atoms with E-state index in [0.29, 0.717) is 0 Å². The van der Waals surface area contributed by atoms with Gasteiger partial charge in [-0.1, -0.05) is 16.8 Å². The van der Waals surface area contributed by atoms with E-state index in [-0.39, 0.29) is 16.4 Å². The molecule has 0 fully saturated rings. The number of guanidine groups is 1. The number of aromatic nitrogens is 2. The molecule has 4 N–H and O–H groups in total. The molecule has 0 radical (unpaired) electrons. The number of carbonyl (C=O) groups excluding carboxylic acids is 1. The molecule has 1 aromatic heterocycles. The van der Waals surface area contributed by atoms with E-state index in [1.54, 1.807) is 5.48 Å². The number of carbonyl (C=O) groups is 1. The first kappa shape index (κ1) is 23.3. The fourth-order valence-corrected chi connectivity index (χ4v) is 1.94. The average molecular weight is 469 g/mol. The second-order valence-electron chi connectivity index (χ2n) is 5.18. The van der Waals surface area contributed by atoms with Crippen LogP contribution in [0.25, 0.3) is 0 Å². The van der Waals surface area contributed by atoms with Crippen molar-refractivity contribution in [1.29, 1.82) is 0 Å². The third kappa shape index (κ3) is 6.77. The summed E-state index contributed by atoms with van der Waals surface area (Å²) in [5.74, 6) is -4.69. The molecule has 166 valence electrons. The van der Waals surface area contributed by atoms with Gasteiger partial charge in [0.05, 0.1) is 17.3 Å². The summed E-state index contributed by atoms with van der Waals surface area (Å²) in [5.41, 5.74) is 6.23. The summed E-state index contributed by atoms with van der Waals surface area (Å²) in [4.78, 5) is 29.0. The molecule has 0 spiro atoms. The van der Waals surface area contributed by atoms with Gasteiger partial charge in [0.2, 0.25) is 0 Å². The predicted octanol–water partition coefficient (Wildman–Crippen LogP) is 1.15. The molecule has 0 amide bonds. The molecular formula is C13H9ClF4N8O5. The van der Waals surface area contributed by atoms with Crippen LogP contribution in [0.2, 0.25) is 5.02 Å². The van der Waals surface area contributed by atoms with Gasteiger partial charge in [-0.3, -0.25) is 0 Å². The lowest BCUT2D eigenvalue weighted by molar-refractivity contribution is -0.485. The number of nitrogens with one attached hydrogen (secondary N) is 2. The Morgan fingerprint density at radius 1 is 1.39 bits per heavy atom. The molecule has 2 rings (SSSR count). The van der Waals surface area contributed by atoms with Crippen molar-refractivity contribution in [2.45, 2.75) is 12.7 Å². The van der Waals surface area contributed by atoms with Crippen molar-refractivity contribution >= 4 is 35.1 Å². The third-order valence-corrected chi connectivity index (χ3v) is 3.31. The van der Waals surface area contributed by atoms with Gasteiger partial charge in [-0.25, -0.2) is 28.9 Å². The van der Waals surface area contributed by atoms with Crippen LogP contribution in [0.4, 0.5) is 23.2 Å². The fraction of sp³-hybridized carbons (Fsp3) is 0.154.